The van der Waals surface area contributed by atoms with Crippen molar-refractivity contribution < 1.29 is 23.1 Å². The standard InChI is InChI=1S/C27H38N2O5S/c1-27(2,3)18-29(26(30)31)23-11-9-22(10-12-23)28-17-21-16-20(8-15-25(21)34-4)19-6-13-24(14-7-19)35(5,32)33/h6-8,13-16,22-23,28H,9-12,17-18H2,1-5H3,(H,30,31). The van der Waals surface area contributed by atoms with Gasteiger partial charge in [-0.1, -0.05) is 39.0 Å². The lowest BCUT2D eigenvalue weighted by atomic mass is 9.88. The molecule has 1 aliphatic carbocycles. The summed E-state index contributed by atoms with van der Waals surface area (Å²) in [5, 5.41) is 13.3. The van der Waals surface area contributed by atoms with E-state index in [9.17, 15) is 18.3 Å². The molecule has 1 amide bonds. The Morgan fingerprint density at radius 2 is 1.66 bits per heavy atom. The monoisotopic (exact) mass is 502 g/mol. The van der Waals surface area contributed by atoms with E-state index in [1.165, 1.54) is 6.26 Å². The van der Waals surface area contributed by atoms with Crippen LogP contribution in [0.4, 0.5) is 4.79 Å². The minimum atomic E-state index is -3.23. The predicted molar refractivity (Wildman–Crippen MR) is 139 cm³/mol. The Morgan fingerprint density at radius 3 is 2.17 bits per heavy atom. The van der Waals surface area contributed by atoms with Crippen molar-refractivity contribution in [3.05, 3.63) is 48.0 Å². The Hall–Kier alpha value is -2.58. The number of carboxylic acid groups (broad SMARTS) is 1. The first-order valence-electron chi connectivity index (χ1n) is 12.1. The van der Waals surface area contributed by atoms with Crippen LogP contribution in [0, 0.1) is 5.41 Å². The van der Waals surface area contributed by atoms with E-state index in [1.807, 2.05) is 24.3 Å². The van der Waals surface area contributed by atoms with Gasteiger partial charge >= 0.3 is 6.09 Å². The number of hydrogen-bond donors (Lipinski definition) is 2. The van der Waals surface area contributed by atoms with Gasteiger partial charge in [0.1, 0.15) is 5.75 Å². The smallest absolute Gasteiger partial charge is 0.407 e. The molecule has 2 N–H and O–H groups in total. The number of methoxy groups -OCH3 is 1. The number of ether oxygens (including phenoxy) is 1. The number of nitrogens with one attached hydrogen (secondary N) is 1. The van der Waals surface area contributed by atoms with Crippen LogP contribution in [0.25, 0.3) is 11.1 Å². The second-order valence-corrected chi connectivity index (χ2v) is 12.7. The highest BCUT2D eigenvalue weighted by Gasteiger charge is 2.31. The fourth-order valence-electron chi connectivity index (χ4n) is 4.70. The largest absolute Gasteiger partial charge is 0.496 e. The molecule has 1 aliphatic rings. The molecule has 8 heteroatoms. The first-order chi connectivity index (χ1) is 16.4. The van der Waals surface area contributed by atoms with Crippen molar-refractivity contribution in [2.24, 2.45) is 5.41 Å². The normalized spacial score (nSPS) is 18.8. The van der Waals surface area contributed by atoms with E-state index >= 15 is 0 Å². The van der Waals surface area contributed by atoms with Gasteiger partial charge in [0.2, 0.25) is 0 Å². The maximum atomic E-state index is 11.8. The van der Waals surface area contributed by atoms with E-state index in [0.717, 1.165) is 48.1 Å². The van der Waals surface area contributed by atoms with Gasteiger partial charge < -0.3 is 20.1 Å². The molecule has 1 saturated carbocycles. The molecule has 1 fully saturated rings. The van der Waals surface area contributed by atoms with Crippen molar-refractivity contribution in [1.82, 2.24) is 10.2 Å². The quantitative estimate of drug-likeness (QED) is 0.516. The van der Waals surface area contributed by atoms with Crippen molar-refractivity contribution in [1.29, 1.82) is 0 Å². The highest BCUT2D eigenvalue weighted by atomic mass is 32.2. The number of carbonyl (C=O) groups is 1. The Morgan fingerprint density at radius 1 is 1.06 bits per heavy atom. The second kappa shape index (κ2) is 11.0. The molecule has 3 rings (SSSR count). The SMILES string of the molecule is COc1ccc(-c2ccc(S(C)(=O)=O)cc2)cc1CNC1CCC(N(CC(C)(C)C)C(=O)O)CC1. The molecule has 2 aromatic rings. The molecule has 0 aromatic heterocycles. The molecule has 0 heterocycles. The summed E-state index contributed by atoms with van der Waals surface area (Å²) in [5.41, 5.74) is 2.89. The first-order valence-corrected chi connectivity index (χ1v) is 14.0. The molecule has 0 unspecified atom stereocenters. The maximum absolute atomic E-state index is 11.8. The first kappa shape index (κ1) is 27.0. The molecule has 0 spiro atoms. The van der Waals surface area contributed by atoms with Crippen LogP contribution >= 0.6 is 0 Å². The Labute approximate surface area is 209 Å². The van der Waals surface area contributed by atoms with Crippen LogP contribution in [0.2, 0.25) is 0 Å². The fraction of sp³-hybridized carbons (Fsp3) is 0.519. The van der Waals surface area contributed by atoms with E-state index in [1.54, 1.807) is 24.1 Å². The Balaban J connectivity index is 1.64. The minimum Gasteiger partial charge on any atom is -0.496 e. The van der Waals surface area contributed by atoms with Crippen molar-refractivity contribution in [3.8, 4) is 16.9 Å². The van der Waals surface area contributed by atoms with Crippen LogP contribution in [0.3, 0.4) is 0 Å². The Kier molecular flexibility index (Phi) is 8.49. The third kappa shape index (κ3) is 7.45. The molecule has 0 atom stereocenters. The predicted octanol–water partition coefficient (Wildman–Crippen LogP) is 5.19. The summed E-state index contributed by atoms with van der Waals surface area (Å²) in [4.78, 5) is 13.7. The number of sulfone groups is 1. The number of hydrogen-bond acceptors (Lipinski definition) is 5. The van der Waals surface area contributed by atoms with Crippen LogP contribution in [-0.2, 0) is 16.4 Å². The topological polar surface area (TPSA) is 95.9 Å². The average molecular weight is 503 g/mol. The fourth-order valence-corrected chi connectivity index (χ4v) is 5.33. The van der Waals surface area contributed by atoms with Crippen molar-refractivity contribution in [2.45, 2.75) is 70.0 Å². The highest BCUT2D eigenvalue weighted by molar-refractivity contribution is 7.90. The van der Waals surface area contributed by atoms with Gasteiger partial charge in [0.05, 0.1) is 12.0 Å². The van der Waals surface area contributed by atoms with Gasteiger partial charge in [0.25, 0.3) is 0 Å². The molecule has 0 aliphatic heterocycles. The molecule has 0 bridgehead atoms. The summed E-state index contributed by atoms with van der Waals surface area (Å²) in [5.74, 6) is 0.796. The van der Waals surface area contributed by atoms with Crippen LogP contribution in [0.1, 0.15) is 52.0 Å². The van der Waals surface area contributed by atoms with Crippen molar-refractivity contribution in [2.75, 3.05) is 19.9 Å². The molecular weight excluding hydrogens is 464 g/mol. The molecular formula is C27H38N2O5S. The van der Waals surface area contributed by atoms with Gasteiger partial charge in [0.15, 0.2) is 9.84 Å². The van der Waals surface area contributed by atoms with Crippen LogP contribution < -0.4 is 10.1 Å². The summed E-state index contributed by atoms with van der Waals surface area (Å²) in [6.07, 6.45) is 3.92. The molecule has 0 saturated heterocycles. The van der Waals surface area contributed by atoms with E-state index in [0.29, 0.717) is 24.0 Å². The third-order valence-electron chi connectivity index (χ3n) is 6.51. The third-order valence-corrected chi connectivity index (χ3v) is 7.63. The summed E-state index contributed by atoms with van der Waals surface area (Å²) in [7, 11) is -1.58. The van der Waals surface area contributed by atoms with E-state index in [4.69, 9.17) is 4.74 Å². The van der Waals surface area contributed by atoms with Crippen molar-refractivity contribution in [3.63, 3.8) is 0 Å². The maximum Gasteiger partial charge on any atom is 0.407 e. The lowest BCUT2D eigenvalue weighted by Gasteiger charge is -2.38. The summed E-state index contributed by atoms with van der Waals surface area (Å²) in [6.45, 7) is 7.38. The highest BCUT2D eigenvalue weighted by Crippen LogP contribution is 2.30. The zero-order valence-corrected chi connectivity index (χ0v) is 22.2. The number of benzene rings is 2. The lowest BCUT2D eigenvalue weighted by molar-refractivity contribution is 0.0847. The van der Waals surface area contributed by atoms with E-state index in [2.05, 4.69) is 32.2 Å². The molecule has 7 nitrogen and oxygen atoms in total. The van der Waals surface area contributed by atoms with Gasteiger partial charge in [0, 0.05) is 37.0 Å². The second-order valence-electron chi connectivity index (χ2n) is 10.7. The van der Waals surface area contributed by atoms with Gasteiger partial charge in [-0.3, -0.25) is 0 Å². The molecule has 0 radical (unpaired) electrons. The van der Waals surface area contributed by atoms with Crippen molar-refractivity contribution >= 4 is 15.9 Å². The summed E-state index contributed by atoms with van der Waals surface area (Å²) < 4.78 is 29.1. The van der Waals surface area contributed by atoms with Crippen LogP contribution in [0.5, 0.6) is 5.75 Å². The summed E-state index contributed by atoms with van der Waals surface area (Å²) in [6, 6.07) is 13.3. The lowest BCUT2D eigenvalue weighted by Crippen LogP contribution is -2.47. The van der Waals surface area contributed by atoms with Gasteiger partial charge in [-0.05, 0) is 66.5 Å². The van der Waals surface area contributed by atoms with Gasteiger partial charge in [-0.25, -0.2) is 13.2 Å². The molecule has 35 heavy (non-hydrogen) atoms. The number of rotatable bonds is 8. The van der Waals surface area contributed by atoms with Gasteiger partial charge in [-0.15, -0.1) is 0 Å². The zero-order chi connectivity index (χ0) is 25.8. The van der Waals surface area contributed by atoms with E-state index < -0.39 is 15.9 Å². The molecule has 192 valence electrons. The van der Waals surface area contributed by atoms with Gasteiger partial charge in [-0.2, -0.15) is 0 Å². The Bertz CT molecular complexity index is 1120. The minimum absolute atomic E-state index is 0.0672. The van der Waals surface area contributed by atoms with Crippen LogP contribution in [-0.4, -0.2) is 56.5 Å². The number of amides is 1. The van der Waals surface area contributed by atoms with E-state index in [-0.39, 0.29) is 11.5 Å². The summed E-state index contributed by atoms with van der Waals surface area (Å²) >= 11 is 0. The average Bonchev–Trinajstić information content (AvgIpc) is 2.80. The van der Waals surface area contributed by atoms with Crippen LogP contribution in [0.15, 0.2) is 47.4 Å². The number of nitrogens with zero attached hydrogens (tertiary/aromatic N) is 1. The zero-order valence-electron chi connectivity index (χ0n) is 21.4. The molecule has 2 aromatic carbocycles.